The molecule has 218 valence electrons. The molecule has 0 aromatic heterocycles. The highest BCUT2D eigenvalue weighted by Crippen LogP contribution is 2.31. The number of Topliss-reactive ketones (excluding diaryl/α,β-unsaturated/α-hetero) is 1. The van der Waals surface area contributed by atoms with Crippen molar-refractivity contribution in [3.05, 3.63) is 77.4 Å². The summed E-state index contributed by atoms with van der Waals surface area (Å²) in [6.45, 7) is 4.56. The third-order valence-electron chi connectivity index (χ3n) is 6.56. The Morgan fingerprint density at radius 3 is 2.49 bits per heavy atom. The van der Waals surface area contributed by atoms with E-state index in [4.69, 9.17) is 19.3 Å². The third kappa shape index (κ3) is 8.42. The molecule has 0 radical (unpaired) electrons. The molecule has 0 unspecified atom stereocenters. The molecule has 0 spiro atoms. The molecule has 1 heterocycles. The zero-order valence-corrected chi connectivity index (χ0v) is 23.4. The summed E-state index contributed by atoms with van der Waals surface area (Å²) in [5.41, 5.74) is 2.12. The maximum atomic E-state index is 13.6. The van der Waals surface area contributed by atoms with E-state index in [0.29, 0.717) is 17.5 Å². The lowest BCUT2D eigenvalue weighted by atomic mass is 9.92. The van der Waals surface area contributed by atoms with Crippen LogP contribution in [0.2, 0.25) is 0 Å². The molecule has 1 aliphatic rings. The number of cyclic esters (lactones) is 1. The molecule has 1 fully saturated rings. The number of nitrogens with zero attached hydrogens (tertiary/aromatic N) is 1. The number of allylic oxidation sites excluding steroid dienone is 1. The van der Waals surface area contributed by atoms with Crippen LogP contribution in [0.3, 0.4) is 0 Å². The molecule has 0 saturated carbocycles. The molecular formula is C31H35NO9. The number of aryl methyl sites for hydroxylation is 1. The molecule has 2 aromatic rings. The monoisotopic (exact) mass is 565 g/mol. The first-order valence-corrected chi connectivity index (χ1v) is 13.4. The highest BCUT2D eigenvalue weighted by molar-refractivity contribution is 6.25. The average Bonchev–Trinajstić information content (AvgIpc) is 3.35. The highest BCUT2D eigenvalue weighted by Gasteiger charge is 2.44. The second kappa shape index (κ2) is 15.0. The second-order valence-corrected chi connectivity index (χ2v) is 9.72. The number of aliphatic hydroxyl groups excluding tert-OH is 1. The first-order chi connectivity index (χ1) is 19.6. The van der Waals surface area contributed by atoms with Crippen LogP contribution in [0.1, 0.15) is 49.4 Å². The summed E-state index contributed by atoms with van der Waals surface area (Å²) in [6.07, 6.45) is -0.940. The predicted octanol–water partition coefficient (Wildman–Crippen LogP) is 3.59. The Bertz CT molecular complexity index is 1290. The molecule has 41 heavy (non-hydrogen) atoms. The molecule has 0 aliphatic carbocycles. The Balaban J connectivity index is 1.91. The lowest BCUT2D eigenvalue weighted by Crippen LogP contribution is -2.45. The van der Waals surface area contributed by atoms with Gasteiger partial charge in [0.05, 0.1) is 19.1 Å². The van der Waals surface area contributed by atoms with Gasteiger partial charge in [0.15, 0.2) is 17.7 Å². The molecule has 3 rings (SSSR count). The summed E-state index contributed by atoms with van der Waals surface area (Å²) in [5, 5.41) is 8.86. The fourth-order valence-corrected chi connectivity index (χ4v) is 4.52. The molecule has 10 heteroatoms. The van der Waals surface area contributed by atoms with Gasteiger partial charge in [-0.05, 0) is 37.5 Å². The van der Waals surface area contributed by atoms with Crippen LogP contribution in [-0.2, 0) is 33.4 Å². The van der Waals surface area contributed by atoms with Crippen molar-refractivity contribution in [1.82, 2.24) is 4.90 Å². The maximum Gasteiger partial charge on any atom is 0.417 e. The van der Waals surface area contributed by atoms with Crippen molar-refractivity contribution in [2.75, 3.05) is 26.4 Å². The van der Waals surface area contributed by atoms with E-state index in [2.05, 4.69) is 0 Å². The van der Waals surface area contributed by atoms with Gasteiger partial charge in [-0.2, -0.15) is 0 Å². The Kier molecular flexibility index (Phi) is 11.5. The van der Waals surface area contributed by atoms with E-state index in [1.807, 2.05) is 13.0 Å². The van der Waals surface area contributed by atoms with Crippen molar-refractivity contribution in [3.8, 4) is 0 Å². The Labute approximate surface area is 238 Å². The fourth-order valence-electron chi connectivity index (χ4n) is 4.52. The minimum atomic E-state index is -1.59. The first kappa shape index (κ1) is 31.4. The van der Waals surface area contributed by atoms with Crippen LogP contribution >= 0.6 is 0 Å². The van der Waals surface area contributed by atoms with E-state index >= 15 is 0 Å². The van der Waals surface area contributed by atoms with Gasteiger partial charge >= 0.3 is 12.1 Å². The van der Waals surface area contributed by atoms with Crippen molar-refractivity contribution in [2.45, 2.75) is 45.8 Å². The van der Waals surface area contributed by atoms with Crippen molar-refractivity contribution in [2.24, 2.45) is 5.92 Å². The van der Waals surface area contributed by atoms with Gasteiger partial charge in [0.2, 0.25) is 5.91 Å². The molecule has 1 N–H and O–H groups in total. The number of ether oxygens (including phenoxy) is 3. The van der Waals surface area contributed by atoms with Crippen molar-refractivity contribution in [3.63, 3.8) is 0 Å². The maximum absolute atomic E-state index is 13.6. The summed E-state index contributed by atoms with van der Waals surface area (Å²) in [7, 11) is 0. The van der Waals surface area contributed by atoms with Gasteiger partial charge in [-0.25, -0.2) is 9.69 Å². The lowest BCUT2D eigenvalue weighted by Gasteiger charge is -2.27. The van der Waals surface area contributed by atoms with Gasteiger partial charge in [-0.15, -0.1) is 0 Å². The number of esters is 1. The van der Waals surface area contributed by atoms with Gasteiger partial charge < -0.3 is 19.3 Å². The summed E-state index contributed by atoms with van der Waals surface area (Å²) < 4.78 is 15.7. The lowest BCUT2D eigenvalue weighted by molar-refractivity contribution is -0.158. The first-order valence-electron chi connectivity index (χ1n) is 13.4. The molecule has 10 nitrogen and oxygen atoms in total. The van der Waals surface area contributed by atoms with Crippen LogP contribution in [-0.4, -0.2) is 72.1 Å². The summed E-state index contributed by atoms with van der Waals surface area (Å²) in [6, 6.07) is 15.2. The van der Waals surface area contributed by atoms with Crippen LogP contribution in [0, 0.1) is 12.8 Å². The van der Waals surface area contributed by atoms with E-state index in [1.165, 1.54) is 6.92 Å². The second-order valence-electron chi connectivity index (χ2n) is 9.72. The van der Waals surface area contributed by atoms with E-state index < -0.39 is 41.8 Å². The van der Waals surface area contributed by atoms with Gasteiger partial charge in [-0.3, -0.25) is 19.2 Å². The Hall–Kier alpha value is -4.15. The van der Waals surface area contributed by atoms with Crippen LogP contribution < -0.4 is 0 Å². The van der Waals surface area contributed by atoms with Gasteiger partial charge in [0, 0.05) is 25.5 Å². The molecule has 1 saturated heterocycles. The number of hydrogen-bond acceptors (Lipinski definition) is 9. The molecule has 1 aliphatic heterocycles. The number of imide groups is 1. The Morgan fingerprint density at radius 1 is 1.10 bits per heavy atom. The SMILES string of the molecule is CC(=O)O[C@@H](C(=O)C=C(C(=O)CCCOCCO)c1cccc(C)c1)[C@@H](C)C(=O)N1C(=O)OC[C@H]1c1ccccc1. The van der Waals surface area contributed by atoms with E-state index in [1.54, 1.807) is 48.5 Å². The van der Waals surface area contributed by atoms with Gasteiger partial charge in [-0.1, -0.05) is 60.2 Å². The van der Waals surface area contributed by atoms with E-state index in [0.717, 1.165) is 23.5 Å². The Morgan fingerprint density at radius 2 is 1.83 bits per heavy atom. The van der Waals surface area contributed by atoms with Gasteiger partial charge in [0.25, 0.3) is 0 Å². The van der Waals surface area contributed by atoms with E-state index in [9.17, 15) is 24.0 Å². The van der Waals surface area contributed by atoms with E-state index in [-0.39, 0.29) is 44.2 Å². The fraction of sp³-hybridized carbons (Fsp3) is 0.387. The standard InChI is InChI=1S/C31H35NO9/c1-20-9-7-12-24(17-20)25(27(35)13-8-15-39-16-14-33)18-28(36)29(41-22(3)34)21(2)30(37)32-26(19-40-31(32)38)23-10-5-4-6-11-23/h4-7,9-12,17-18,21,26,29,33H,8,13-16,19H2,1-3H3/t21-,26+,29-/m1/s1. The summed E-state index contributed by atoms with van der Waals surface area (Å²) in [4.78, 5) is 66.0. The topological polar surface area (TPSA) is 137 Å². The van der Waals surface area contributed by atoms with Gasteiger partial charge in [0.1, 0.15) is 12.6 Å². The third-order valence-corrected chi connectivity index (χ3v) is 6.56. The number of hydrogen-bond donors (Lipinski definition) is 1. The number of rotatable bonds is 14. The van der Waals surface area contributed by atoms with Crippen molar-refractivity contribution >= 4 is 35.1 Å². The van der Waals surface area contributed by atoms with Crippen molar-refractivity contribution in [1.29, 1.82) is 0 Å². The van der Waals surface area contributed by atoms with Crippen LogP contribution in [0.15, 0.2) is 60.7 Å². The van der Waals surface area contributed by atoms with Crippen LogP contribution in [0.4, 0.5) is 4.79 Å². The summed E-state index contributed by atoms with van der Waals surface area (Å²) >= 11 is 0. The average molecular weight is 566 g/mol. The zero-order chi connectivity index (χ0) is 29.9. The quantitative estimate of drug-likeness (QED) is 0.207. The highest BCUT2D eigenvalue weighted by atomic mass is 16.6. The minimum Gasteiger partial charge on any atom is -0.453 e. The number of carbonyl (C=O) groups excluding carboxylic acids is 5. The minimum absolute atomic E-state index is 0.0542. The van der Waals surface area contributed by atoms with Crippen molar-refractivity contribution < 1.29 is 43.3 Å². The van der Waals surface area contributed by atoms with Crippen LogP contribution in [0.25, 0.3) is 5.57 Å². The largest absolute Gasteiger partial charge is 0.453 e. The summed E-state index contributed by atoms with van der Waals surface area (Å²) in [5.74, 6) is -3.93. The predicted molar refractivity (Wildman–Crippen MR) is 148 cm³/mol. The molecule has 3 atom stereocenters. The molecule has 0 bridgehead atoms. The number of carbonyl (C=O) groups is 5. The van der Waals surface area contributed by atoms with Crippen LogP contribution in [0.5, 0.6) is 0 Å². The number of benzene rings is 2. The smallest absolute Gasteiger partial charge is 0.417 e. The zero-order valence-electron chi connectivity index (χ0n) is 23.4. The molecule has 2 aromatic carbocycles. The number of amides is 2. The normalized spacial score (nSPS) is 16.6. The molecular weight excluding hydrogens is 530 g/mol. The molecule has 2 amide bonds. The number of aliphatic hydroxyl groups is 1. The number of ketones is 2.